The normalized spacial score (nSPS) is 12.3. The maximum Gasteiger partial charge on any atom is 0.501 e. The van der Waals surface area contributed by atoms with Crippen molar-refractivity contribution in [1.29, 1.82) is 0 Å². The lowest BCUT2D eigenvalue weighted by Gasteiger charge is -2.30. The Hall–Kier alpha value is 0.694. The number of quaternary nitrogens is 2. The second kappa shape index (κ2) is 23.6. The van der Waals surface area contributed by atoms with Gasteiger partial charge >= 0.3 is 17.6 Å². The molecule has 0 unspecified atom stereocenters. The molecule has 0 amide bonds. The minimum absolute atomic E-state index is 0. The van der Waals surface area contributed by atoms with E-state index in [9.17, 15) is 0 Å². The van der Waals surface area contributed by atoms with Crippen molar-refractivity contribution >= 4 is 17.6 Å². The molecule has 224 valence electrons. The summed E-state index contributed by atoms with van der Waals surface area (Å²) in [5.41, 5.74) is 0. The van der Waals surface area contributed by atoms with Crippen LogP contribution < -0.4 is 24.8 Å². The van der Waals surface area contributed by atoms with Crippen LogP contribution in [-0.4, -0.2) is 122 Å². The smallest absolute Gasteiger partial charge is 0.501 e. The zero-order valence-electron chi connectivity index (χ0n) is 25.6. The molecule has 0 fully saturated rings. The van der Waals surface area contributed by atoms with E-state index in [0.29, 0.717) is 39.6 Å². The first-order valence-corrected chi connectivity index (χ1v) is 17.1. The summed E-state index contributed by atoms with van der Waals surface area (Å²) < 4.78 is 36.8. The van der Waals surface area contributed by atoms with Gasteiger partial charge in [0.2, 0.25) is 0 Å². The highest BCUT2D eigenvalue weighted by molar-refractivity contribution is 6.61. The van der Waals surface area contributed by atoms with Gasteiger partial charge in [-0.2, -0.15) is 0 Å². The summed E-state index contributed by atoms with van der Waals surface area (Å²) >= 11 is 0. The molecule has 0 bridgehead atoms. The van der Waals surface area contributed by atoms with Crippen LogP contribution in [0.4, 0.5) is 0 Å². The number of rotatable bonds is 20. The van der Waals surface area contributed by atoms with E-state index in [1.54, 1.807) is 0 Å². The number of hydrogen-bond acceptors (Lipinski definition) is 6. The molecule has 0 aliphatic rings. The first-order chi connectivity index (χ1) is 15.8. The van der Waals surface area contributed by atoms with Gasteiger partial charge in [0.25, 0.3) is 0 Å². The molecule has 0 aliphatic carbocycles. The lowest BCUT2D eigenvalue weighted by Crippen LogP contribution is -3.00. The minimum atomic E-state index is -2.41. The average Bonchev–Trinajstić information content (AvgIpc) is 2.68. The van der Waals surface area contributed by atoms with Gasteiger partial charge in [-0.3, -0.25) is 0 Å². The van der Waals surface area contributed by atoms with Crippen LogP contribution in [-0.2, 0) is 26.6 Å². The molecule has 0 aromatic rings. The summed E-state index contributed by atoms with van der Waals surface area (Å²) in [6, 6.07) is 1.83. The lowest BCUT2D eigenvalue weighted by atomic mass is 10.4. The Morgan fingerprint density at radius 3 is 0.750 bits per heavy atom. The highest BCUT2D eigenvalue weighted by Gasteiger charge is 2.41. The van der Waals surface area contributed by atoms with Crippen LogP contribution in [0, 0.1) is 0 Å². The Kier molecular flexibility index (Phi) is 28.6. The SMILES string of the molecule is CCO[Si](CCC[N+](C)(C)C)(OCC)OCC.CCO[Si](CCC[N+](C)(C)C)(OCC)OCC.[Cl-].[Cl-]. The summed E-state index contributed by atoms with van der Waals surface area (Å²) in [5, 5.41) is 0. The third kappa shape index (κ3) is 23.8. The Bertz CT molecular complexity index is 408. The molecule has 0 aromatic carbocycles. The Balaban J connectivity index is -0.000000269. The largest absolute Gasteiger partial charge is 1.00 e. The third-order valence-corrected chi connectivity index (χ3v) is 11.1. The van der Waals surface area contributed by atoms with Gasteiger partial charge in [0.15, 0.2) is 0 Å². The lowest BCUT2D eigenvalue weighted by molar-refractivity contribution is -0.870. The highest BCUT2D eigenvalue weighted by atomic mass is 35.5. The number of hydrogen-bond donors (Lipinski definition) is 0. The van der Waals surface area contributed by atoms with Crippen LogP contribution >= 0.6 is 0 Å². The van der Waals surface area contributed by atoms with Crippen molar-refractivity contribution in [2.45, 2.75) is 66.5 Å². The van der Waals surface area contributed by atoms with Gasteiger partial charge in [-0.15, -0.1) is 0 Å². The van der Waals surface area contributed by atoms with Crippen molar-refractivity contribution in [1.82, 2.24) is 0 Å². The van der Waals surface area contributed by atoms with Crippen molar-refractivity contribution in [3.8, 4) is 0 Å². The van der Waals surface area contributed by atoms with Crippen molar-refractivity contribution < 1.29 is 60.3 Å². The molecular formula is C24H60Cl2N2O6Si2. The molecule has 0 atom stereocenters. The topological polar surface area (TPSA) is 55.4 Å². The predicted octanol–water partition coefficient (Wildman–Crippen LogP) is -1.73. The van der Waals surface area contributed by atoms with Gasteiger partial charge in [-0.25, -0.2) is 0 Å². The zero-order valence-corrected chi connectivity index (χ0v) is 29.1. The van der Waals surface area contributed by atoms with E-state index in [1.807, 2.05) is 41.5 Å². The Morgan fingerprint density at radius 2 is 0.611 bits per heavy atom. The summed E-state index contributed by atoms with van der Waals surface area (Å²) in [7, 11) is 8.39. The van der Waals surface area contributed by atoms with Gasteiger partial charge < -0.3 is 60.3 Å². The van der Waals surface area contributed by atoms with E-state index < -0.39 is 17.6 Å². The van der Waals surface area contributed by atoms with Gasteiger partial charge in [0, 0.05) is 64.6 Å². The van der Waals surface area contributed by atoms with Crippen LogP contribution in [0.15, 0.2) is 0 Å². The molecule has 8 nitrogen and oxygen atoms in total. The molecule has 0 saturated heterocycles. The van der Waals surface area contributed by atoms with Crippen LogP contribution in [0.1, 0.15) is 54.4 Å². The molecule has 0 rings (SSSR count). The van der Waals surface area contributed by atoms with E-state index in [4.69, 9.17) is 26.6 Å². The van der Waals surface area contributed by atoms with E-state index in [1.165, 1.54) is 0 Å². The number of nitrogens with zero attached hydrogens (tertiary/aromatic N) is 2. The van der Waals surface area contributed by atoms with Crippen molar-refractivity contribution in [3.05, 3.63) is 0 Å². The van der Waals surface area contributed by atoms with Crippen LogP contribution in [0.2, 0.25) is 12.1 Å². The van der Waals surface area contributed by atoms with E-state index in [2.05, 4.69) is 42.3 Å². The van der Waals surface area contributed by atoms with Crippen LogP contribution in [0.5, 0.6) is 0 Å². The van der Waals surface area contributed by atoms with E-state index >= 15 is 0 Å². The zero-order chi connectivity index (χ0) is 26.7. The molecule has 12 heteroatoms. The fourth-order valence-corrected chi connectivity index (χ4v) is 8.73. The maximum absolute atomic E-state index is 5.81. The average molecular weight is 600 g/mol. The number of halogens is 2. The van der Waals surface area contributed by atoms with Crippen molar-refractivity contribution in [2.75, 3.05) is 95.0 Å². The minimum Gasteiger partial charge on any atom is -1.00 e. The van der Waals surface area contributed by atoms with E-state index in [-0.39, 0.29) is 24.8 Å². The summed E-state index contributed by atoms with van der Waals surface area (Å²) in [5.74, 6) is 0. The molecule has 0 aromatic heterocycles. The van der Waals surface area contributed by atoms with Gasteiger partial charge in [-0.1, -0.05) is 0 Å². The first-order valence-electron chi connectivity index (χ1n) is 13.2. The third-order valence-electron chi connectivity index (χ3n) is 4.81. The van der Waals surface area contributed by atoms with Gasteiger partial charge in [0.05, 0.1) is 55.4 Å². The van der Waals surface area contributed by atoms with Crippen LogP contribution in [0.3, 0.4) is 0 Å². The van der Waals surface area contributed by atoms with Gasteiger partial charge in [0.1, 0.15) is 0 Å². The standard InChI is InChI=1S/2C12H30NO3Si.2ClH/c2*1-7-14-17(15-8-2,16-9-3)12-10-11-13(4,5)6;;/h2*7-12H2,1-6H3;2*1H/q2*+1;;/p-2. The fraction of sp³-hybridized carbons (Fsp3) is 1.00. The molecule has 0 radical (unpaired) electrons. The van der Waals surface area contributed by atoms with Crippen molar-refractivity contribution in [2.24, 2.45) is 0 Å². The van der Waals surface area contributed by atoms with Gasteiger partial charge in [-0.05, 0) is 41.5 Å². The van der Waals surface area contributed by atoms with Crippen molar-refractivity contribution in [3.63, 3.8) is 0 Å². The molecule has 0 spiro atoms. The Labute approximate surface area is 239 Å². The molecule has 36 heavy (non-hydrogen) atoms. The predicted molar refractivity (Wildman–Crippen MR) is 146 cm³/mol. The summed E-state index contributed by atoms with van der Waals surface area (Å²) in [6.45, 7) is 18.2. The molecule has 0 aliphatic heterocycles. The monoisotopic (exact) mass is 598 g/mol. The fourth-order valence-electron chi connectivity index (χ4n) is 3.54. The molecule has 0 saturated carbocycles. The quantitative estimate of drug-likeness (QED) is 0.123. The van der Waals surface area contributed by atoms with Crippen LogP contribution in [0.25, 0.3) is 0 Å². The Morgan fingerprint density at radius 1 is 0.417 bits per heavy atom. The molecule has 0 heterocycles. The highest BCUT2D eigenvalue weighted by Crippen LogP contribution is 2.20. The first kappa shape index (κ1) is 43.7. The summed E-state index contributed by atoms with van der Waals surface area (Å²) in [4.78, 5) is 0. The molecule has 0 N–H and O–H groups in total. The summed E-state index contributed by atoms with van der Waals surface area (Å²) in [6.07, 6.45) is 2.16. The second-order valence-corrected chi connectivity index (χ2v) is 15.7. The van der Waals surface area contributed by atoms with E-state index in [0.717, 1.165) is 47.0 Å². The maximum atomic E-state index is 5.81. The second-order valence-electron chi connectivity index (χ2n) is 10.2. The molecular weight excluding hydrogens is 539 g/mol.